The molecule has 3 aliphatic carbocycles. The number of rotatable bonds is 0. The van der Waals surface area contributed by atoms with Gasteiger partial charge in [-0.05, 0) is 64.2 Å². The molecule has 130 valence electrons. The van der Waals surface area contributed by atoms with Crippen LogP contribution in [0.2, 0.25) is 0 Å². The van der Waals surface area contributed by atoms with Gasteiger partial charge >= 0.3 is 0 Å². The molecule has 2 N–H and O–H groups in total. The van der Waals surface area contributed by atoms with Gasteiger partial charge in [-0.3, -0.25) is 4.79 Å². The van der Waals surface area contributed by atoms with E-state index in [-0.39, 0.29) is 0 Å². The second-order valence-corrected chi connectivity index (χ2v) is 7.53. The third kappa shape index (κ3) is 6.65. The first-order valence-corrected chi connectivity index (χ1v) is 9.52. The zero-order chi connectivity index (χ0) is 16.6. The van der Waals surface area contributed by atoms with E-state index in [4.69, 9.17) is 0 Å². The molecule has 3 fully saturated rings. The highest BCUT2D eigenvalue weighted by Gasteiger charge is 2.30. The maximum absolute atomic E-state index is 10.5. The molecular formula is C20H32O3. The van der Waals surface area contributed by atoms with Gasteiger partial charge in [-0.1, -0.05) is 31.1 Å². The topological polar surface area (TPSA) is 57.5 Å². The third-order valence-electron chi connectivity index (χ3n) is 5.30. The summed E-state index contributed by atoms with van der Waals surface area (Å²) in [7, 11) is 0. The first-order valence-electron chi connectivity index (χ1n) is 9.52. The second kappa shape index (κ2) is 8.85. The van der Waals surface area contributed by atoms with E-state index < -0.39 is 11.2 Å². The predicted molar refractivity (Wildman–Crippen MR) is 91.9 cm³/mol. The van der Waals surface area contributed by atoms with Gasteiger partial charge in [0.15, 0.2) is 0 Å². The molecule has 3 nitrogen and oxygen atoms in total. The van der Waals surface area contributed by atoms with Crippen LogP contribution in [-0.4, -0.2) is 27.2 Å². The highest BCUT2D eigenvalue weighted by atomic mass is 16.3. The number of ketones is 1. The Kier molecular flexibility index (Phi) is 7.11. The van der Waals surface area contributed by atoms with Gasteiger partial charge in [0.05, 0.1) is 0 Å². The minimum atomic E-state index is -0.814. The molecule has 3 saturated carbocycles. The van der Waals surface area contributed by atoms with E-state index in [1.165, 1.54) is 19.3 Å². The Morgan fingerprint density at radius 3 is 1.26 bits per heavy atom. The summed E-state index contributed by atoms with van der Waals surface area (Å²) in [5, 5.41) is 20.5. The van der Waals surface area contributed by atoms with Crippen LogP contribution in [0.3, 0.4) is 0 Å². The molecule has 0 spiro atoms. The summed E-state index contributed by atoms with van der Waals surface area (Å²) in [6.07, 6.45) is 15.0. The molecule has 0 amide bonds. The molecule has 0 aromatic rings. The molecule has 0 unspecified atom stereocenters. The summed E-state index contributed by atoms with van der Waals surface area (Å²) in [5.74, 6) is 6.39. The summed E-state index contributed by atoms with van der Waals surface area (Å²) >= 11 is 0. The quantitative estimate of drug-likeness (QED) is 0.666. The molecule has 0 bridgehead atoms. The first kappa shape index (κ1) is 18.5. The number of hydrogen-bond donors (Lipinski definition) is 2. The van der Waals surface area contributed by atoms with Crippen molar-refractivity contribution in [3.8, 4) is 11.8 Å². The Bertz CT molecular complexity index is 396. The average Bonchev–Trinajstić information content (AvgIpc) is 2.56. The van der Waals surface area contributed by atoms with Gasteiger partial charge < -0.3 is 10.2 Å². The van der Waals surface area contributed by atoms with Crippen molar-refractivity contribution in [2.45, 2.75) is 108 Å². The van der Waals surface area contributed by atoms with Crippen molar-refractivity contribution >= 4 is 5.78 Å². The molecular weight excluding hydrogens is 288 g/mol. The van der Waals surface area contributed by atoms with Crippen molar-refractivity contribution in [1.82, 2.24) is 0 Å². The fourth-order valence-electron chi connectivity index (χ4n) is 3.70. The Hall–Kier alpha value is -0.850. The maximum Gasteiger partial charge on any atom is 0.132 e. The molecule has 0 aliphatic heterocycles. The summed E-state index contributed by atoms with van der Waals surface area (Å²) in [6, 6.07) is 0. The van der Waals surface area contributed by atoms with Gasteiger partial charge in [0.1, 0.15) is 17.0 Å². The van der Waals surface area contributed by atoms with E-state index in [0.29, 0.717) is 5.78 Å². The van der Waals surface area contributed by atoms with E-state index in [2.05, 4.69) is 11.8 Å². The Morgan fingerprint density at radius 2 is 0.957 bits per heavy atom. The zero-order valence-electron chi connectivity index (χ0n) is 14.4. The molecule has 23 heavy (non-hydrogen) atoms. The number of aliphatic hydroxyl groups is 2. The zero-order valence-corrected chi connectivity index (χ0v) is 14.4. The fraction of sp³-hybridized carbons (Fsp3) is 0.850. The lowest BCUT2D eigenvalue weighted by Gasteiger charge is -2.29. The van der Waals surface area contributed by atoms with Crippen molar-refractivity contribution in [2.24, 2.45) is 0 Å². The number of carbonyl (C=O) groups excluding carboxylic acids is 1. The SMILES string of the molecule is O=C1CCCCC1.OC1(C#CC2(O)CCCCC2)CCCCC1. The van der Waals surface area contributed by atoms with Crippen molar-refractivity contribution in [2.75, 3.05) is 0 Å². The Morgan fingerprint density at radius 1 is 0.609 bits per heavy atom. The molecule has 3 aliphatic rings. The van der Waals surface area contributed by atoms with Crippen LogP contribution in [0.4, 0.5) is 0 Å². The standard InChI is InChI=1S/C14H22O2.C6H10O/c15-13(7-3-1-4-8-13)11-12-14(16)9-5-2-6-10-14;7-6-4-2-1-3-5-6/h15-16H,1-10H2;1-5H2. The molecule has 0 atom stereocenters. The molecule has 0 aromatic carbocycles. The predicted octanol–water partition coefficient (Wildman–Crippen LogP) is 3.90. The normalized spacial score (nSPS) is 26.3. The van der Waals surface area contributed by atoms with Gasteiger partial charge in [0.2, 0.25) is 0 Å². The summed E-state index contributed by atoms with van der Waals surface area (Å²) < 4.78 is 0. The highest BCUT2D eigenvalue weighted by Crippen LogP contribution is 2.30. The van der Waals surface area contributed by atoms with Crippen LogP contribution >= 0.6 is 0 Å². The lowest BCUT2D eigenvalue weighted by Crippen LogP contribution is -2.33. The van der Waals surface area contributed by atoms with Gasteiger partial charge in [0, 0.05) is 12.8 Å². The molecule has 3 rings (SSSR count). The monoisotopic (exact) mass is 320 g/mol. The smallest absolute Gasteiger partial charge is 0.132 e. The number of Topliss-reactive ketones (excluding diaryl/α,β-unsaturated/α-hetero) is 1. The first-order chi connectivity index (χ1) is 11.0. The van der Waals surface area contributed by atoms with E-state index >= 15 is 0 Å². The van der Waals surface area contributed by atoms with Gasteiger partial charge in [-0.15, -0.1) is 0 Å². The summed E-state index contributed by atoms with van der Waals surface area (Å²) in [6.45, 7) is 0. The van der Waals surface area contributed by atoms with E-state index in [0.717, 1.165) is 77.0 Å². The van der Waals surface area contributed by atoms with E-state index in [1.54, 1.807) is 0 Å². The molecule has 0 heterocycles. The van der Waals surface area contributed by atoms with Gasteiger partial charge in [0.25, 0.3) is 0 Å². The van der Waals surface area contributed by atoms with Crippen LogP contribution in [-0.2, 0) is 4.79 Å². The van der Waals surface area contributed by atoms with Crippen molar-refractivity contribution in [1.29, 1.82) is 0 Å². The minimum absolute atomic E-state index is 0.464. The van der Waals surface area contributed by atoms with Gasteiger partial charge in [-0.2, -0.15) is 0 Å². The summed E-state index contributed by atoms with van der Waals surface area (Å²) in [5.41, 5.74) is -1.63. The van der Waals surface area contributed by atoms with Crippen LogP contribution in [0.5, 0.6) is 0 Å². The third-order valence-corrected chi connectivity index (χ3v) is 5.30. The minimum Gasteiger partial charge on any atom is -0.378 e. The lowest BCUT2D eigenvalue weighted by molar-refractivity contribution is -0.120. The number of carbonyl (C=O) groups is 1. The van der Waals surface area contributed by atoms with Crippen molar-refractivity contribution in [3.05, 3.63) is 0 Å². The maximum atomic E-state index is 10.5. The van der Waals surface area contributed by atoms with Crippen molar-refractivity contribution < 1.29 is 15.0 Å². The largest absolute Gasteiger partial charge is 0.378 e. The van der Waals surface area contributed by atoms with Crippen LogP contribution in [0, 0.1) is 11.8 Å². The number of hydrogen-bond acceptors (Lipinski definition) is 3. The molecule has 0 aromatic heterocycles. The Balaban J connectivity index is 0.000000229. The lowest BCUT2D eigenvalue weighted by atomic mass is 9.82. The fourth-order valence-corrected chi connectivity index (χ4v) is 3.70. The van der Waals surface area contributed by atoms with Crippen LogP contribution < -0.4 is 0 Å². The van der Waals surface area contributed by atoms with E-state index in [1.807, 2.05) is 0 Å². The second-order valence-electron chi connectivity index (χ2n) is 7.53. The molecule has 0 radical (unpaired) electrons. The Labute approximate surface area is 140 Å². The summed E-state index contributed by atoms with van der Waals surface area (Å²) in [4.78, 5) is 10.5. The van der Waals surface area contributed by atoms with Crippen LogP contribution in [0.25, 0.3) is 0 Å². The highest BCUT2D eigenvalue weighted by molar-refractivity contribution is 5.78. The average molecular weight is 320 g/mol. The van der Waals surface area contributed by atoms with Crippen molar-refractivity contribution in [3.63, 3.8) is 0 Å². The molecule has 3 heteroatoms. The van der Waals surface area contributed by atoms with Crippen LogP contribution in [0.15, 0.2) is 0 Å². The molecule has 0 saturated heterocycles. The van der Waals surface area contributed by atoms with Gasteiger partial charge in [-0.25, -0.2) is 0 Å². The van der Waals surface area contributed by atoms with Crippen LogP contribution in [0.1, 0.15) is 96.3 Å². The van der Waals surface area contributed by atoms with E-state index in [9.17, 15) is 15.0 Å².